The SMILES string of the molecule is CCNC(=NCc1cccc(S(N)(=O)=O)c1)NCc1cc(Cl)ccc1OC(F)F. The van der Waals surface area contributed by atoms with E-state index in [9.17, 15) is 17.2 Å². The van der Waals surface area contributed by atoms with Crippen LogP contribution in [0.25, 0.3) is 0 Å². The Morgan fingerprint density at radius 1 is 1.24 bits per heavy atom. The first-order chi connectivity index (χ1) is 13.7. The van der Waals surface area contributed by atoms with Crippen LogP contribution >= 0.6 is 11.6 Å². The summed E-state index contributed by atoms with van der Waals surface area (Å²) >= 11 is 5.95. The fourth-order valence-corrected chi connectivity index (χ4v) is 3.19. The van der Waals surface area contributed by atoms with Crippen LogP contribution in [0, 0.1) is 0 Å². The fourth-order valence-electron chi connectivity index (χ4n) is 2.41. The Kier molecular flexibility index (Phi) is 8.18. The smallest absolute Gasteiger partial charge is 0.387 e. The number of rotatable bonds is 8. The summed E-state index contributed by atoms with van der Waals surface area (Å²) in [6, 6.07) is 10.5. The molecule has 0 bridgehead atoms. The van der Waals surface area contributed by atoms with Crippen molar-refractivity contribution in [2.24, 2.45) is 10.1 Å². The van der Waals surface area contributed by atoms with E-state index in [-0.39, 0.29) is 23.7 Å². The van der Waals surface area contributed by atoms with Gasteiger partial charge in [-0.1, -0.05) is 23.7 Å². The molecule has 4 N–H and O–H groups in total. The fraction of sp³-hybridized carbons (Fsp3) is 0.278. The van der Waals surface area contributed by atoms with Crippen LogP contribution in [0.15, 0.2) is 52.4 Å². The molecule has 7 nitrogen and oxygen atoms in total. The number of ether oxygens (including phenoxy) is 1. The second-order valence-corrected chi connectivity index (χ2v) is 7.87. The van der Waals surface area contributed by atoms with E-state index in [0.717, 1.165) is 0 Å². The Morgan fingerprint density at radius 2 is 2.00 bits per heavy atom. The summed E-state index contributed by atoms with van der Waals surface area (Å²) in [5.41, 5.74) is 1.07. The third-order valence-electron chi connectivity index (χ3n) is 3.68. The van der Waals surface area contributed by atoms with E-state index in [1.54, 1.807) is 12.1 Å². The van der Waals surface area contributed by atoms with Crippen LogP contribution < -0.4 is 20.5 Å². The number of nitrogens with zero attached hydrogens (tertiary/aromatic N) is 1. The van der Waals surface area contributed by atoms with Gasteiger partial charge in [-0.2, -0.15) is 8.78 Å². The number of hydrogen-bond acceptors (Lipinski definition) is 4. The van der Waals surface area contributed by atoms with Gasteiger partial charge < -0.3 is 15.4 Å². The minimum absolute atomic E-state index is 0.00382. The maximum Gasteiger partial charge on any atom is 0.387 e. The van der Waals surface area contributed by atoms with E-state index >= 15 is 0 Å². The first kappa shape index (κ1) is 22.9. The molecular weight excluding hydrogens is 426 g/mol. The largest absolute Gasteiger partial charge is 0.434 e. The maximum atomic E-state index is 12.6. The standard InChI is InChI=1S/C18H21ClF2N4O3S/c1-2-23-18(24-10-12-4-3-5-15(8-12)29(22,26)27)25-11-13-9-14(19)6-7-16(13)28-17(20)21/h3-9,17H,2,10-11H2,1H3,(H2,22,26,27)(H2,23,24,25). The number of halogens is 3. The molecule has 0 aromatic heterocycles. The highest BCUT2D eigenvalue weighted by molar-refractivity contribution is 7.89. The Balaban J connectivity index is 2.14. The van der Waals surface area contributed by atoms with E-state index in [1.807, 2.05) is 6.92 Å². The molecule has 11 heteroatoms. The van der Waals surface area contributed by atoms with Gasteiger partial charge in [0, 0.05) is 23.7 Å². The zero-order valence-electron chi connectivity index (χ0n) is 15.5. The van der Waals surface area contributed by atoms with Gasteiger partial charge in [-0.25, -0.2) is 18.5 Å². The van der Waals surface area contributed by atoms with Crippen LogP contribution in [0.2, 0.25) is 5.02 Å². The Labute approximate surface area is 173 Å². The minimum atomic E-state index is -3.81. The third kappa shape index (κ3) is 7.48. The number of nitrogens with one attached hydrogen (secondary N) is 2. The van der Waals surface area contributed by atoms with E-state index in [1.165, 1.54) is 30.3 Å². The molecule has 158 valence electrons. The van der Waals surface area contributed by atoms with Crippen molar-refractivity contribution >= 4 is 27.6 Å². The molecule has 0 heterocycles. The second-order valence-electron chi connectivity index (χ2n) is 5.87. The van der Waals surface area contributed by atoms with Gasteiger partial charge in [0.2, 0.25) is 10.0 Å². The Morgan fingerprint density at radius 3 is 2.66 bits per heavy atom. The molecule has 2 rings (SSSR count). The van der Waals surface area contributed by atoms with Crippen LogP contribution in [0.3, 0.4) is 0 Å². The predicted molar refractivity (Wildman–Crippen MR) is 108 cm³/mol. The lowest BCUT2D eigenvalue weighted by Crippen LogP contribution is -2.36. The van der Waals surface area contributed by atoms with Gasteiger partial charge in [0.05, 0.1) is 11.4 Å². The van der Waals surface area contributed by atoms with E-state index in [2.05, 4.69) is 20.4 Å². The van der Waals surface area contributed by atoms with Crippen molar-refractivity contribution in [1.82, 2.24) is 10.6 Å². The molecule has 0 unspecified atom stereocenters. The van der Waals surface area contributed by atoms with Crippen molar-refractivity contribution in [2.45, 2.75) is 31.5 Å². The van der Waals surface area contributed by atoms with Gasteiger partial charge in [0.25, 0.3) is 0 Å². The molecule has 2 aromatic rings. The number of hydrogen-bond donors (Lipinski definition) is 3. The number of primary sulfonamides is 1. The van der Waals surface area contributed by atoms with Gasteiger partial charge in [-0.15, -0.1) is 0 Å². The molecule has 0 saturated heterocycles. The predicted octanol–water partition coefficient (Wildman–Crippen LogP) is 2.84. The van der Waals surface area contributed by atoms with Gasteiger partial charge in [0.15, 0.2) is 5.96 Å². The van der Waals surface area contributed by atoms with Crippen molar-refractivity contribution < 1.29 is 21.9 Å². The number of benzene rings is 2. The average Bonchev–Trinajstić information content (AvgIpc) is 2.65. The average molecular weight is 447 g/mol. The summed E-state index contributed by atoms with van der Waals surface area (Å²) < 4.78 is 52.6. The summed E-state index contributed by atoms with van der Waals surface area (Å²) in [6.45, 7) is -0.231. The maximum absolute atomic E-state index is 12.6. The zero-order chi connectivity index (χ0) is 21.4. The highest BCUT2D eigenvalue weighted by Crippen LogP contribution is 2.24. The van der Waals surface area contributed by atoms with Crippen molar-refractivity contribution in [3.8, 4) is 5.75 Å². The summed E-state index contributed by atoms with van der Waals surface area (Å²) in [6.07, 6.45) is 0. The molecule has 2 aromatic carbocycles. The zero-order valence-corrected chi connectivity index (χ0v) is 17.1. The molecule has 0 aliphatic rings. The van der Waals surface area contributed by atoms with E-state index in [0.29, 0.717) is 28.7 Å². The van der Waals surface area contributed by atoms with Crippen LogP contribution in [-0.2, 0) is 23.1 Å². The Bertz CT molecular complexity index is 971. The Hall–Kier alpha value is -2.43. The van der Waals surface area contributed by atoms with E-state index < -0.39 is 16.6 Å². The second kappa shape index (κ2) is 10.4. The van der Waals surface area contributed by atoms with Crippen molar-refractivity contribution in [3.63, 3.8) is 0 Å². The van der Waals surface area contributed by atoms with Crippen LogP contribution in [-0.4, -0.2) is 27.5 Å². The van der Waals surface area contributed by atoms with Gasteiger partial charge in [0.1, 0.15) is 5.75 Å². The number of guanidine groups is 1. The molecule has 0 atom stereocenters. The molecule has 0 spiro atoms. The normalized spacial score (nSPS) is 12.1. The van der Waals surface area contributed by atoms with Crippen LogP contribution in [0.4, 0.5) is 8.78 Å². The molecule has 0 saturated carbocycles. The lowest BCUT2D eigenvalue weighted by molar-refractivity contribution is -0.0504. The summed E-state index contributed by atoms with van der Waals surface area (Å²) in [7, 11) is -3.81. The highest BCUT2D eigenvalue weighted by atomic mass is 35.5. The molecule has 0 amide bonds. The number of alkyl halides is 2. The summed E-state index contributed by atoms with van der Waals surface area (Å²) in [5, 5.41) is 11.5. The number of sulfonamides is 1. The van der Waals surface area contributed by atoms with Gasteiger partial charge in [-0.05, 0) is 42.8 Å². The summed E-state index contributed by atoms with van der Waals surface area (Å²) in [4.78, 5) is 4.37. The highest BCUT2D eigenvalue weighted by Gasteiger charge is 2.11. The third-order valence-corrected chi connectivity index (χ3v) is 4.82. The first-order valence-electron chi connectivity index (χ1n) is 8.56. The first-order valence-corrected chi connectivity index (χ1v) is 10.5. The van der Waals surface area contributed by atoms with Crippen LogP contribution in [0.1, 0.15) is 18.1 Å². The molecule has 0 aliphatic carbocycles. The lowest BCUT2D eigenvalue weighted by Gasteiger charge is -2.15. The minimum Gasteiger partial charge on any atom is -0.434 e. The molecule has 0 fully saturated rings. The number of nitrogens with two attached hydrogens (primary N) is 1. The summed E-state index contributed by atoms with van der Waals surface area (Å²) in [5.74, 6) is 0.407. The van der Waals surface area contributed by atoms with Gasteiger partial charge in [-0.3, -0.25) is 0 Å². The van der Waals surface area contributed by atoms with Crippen molar-refractivity contribution in [3.05, 3.63) is 58.6 Å². The van der Waals surface area contributed by atoms with Crippen molar-refractivity contribution in [2.75, 3.05) is 6.54 Å². The van der Waals surface area contributed by atoms with E-state index in [4.69, 9.17) is 16.7 Å². The monoisotopic (exact) mass is 446 g/mol. The molecule has 0 radical (unpaired) electrons. The lowest BCUT2D eigenvalue weighted by atomic mass is 10.2. The molecule has 0 aliphatic heterocycles. The quantitative estimate of drug-likeness (QED) is 0.427. The number of aliphatic imine (C=N–C) groups is 1. The molecular formula is C18H21ClF2N4O3S. The van der Waals surface area contributed by atoms with Gasteiger partial charge >= 0.3 is 6.61 Å². The van der Waals surface area contributed by atoms with Crippen molar-refractivity contribution in [1.29, 1.82) is 0 Å². The van der Waals surface area contributed by atoms with Crippen LogP contribution in [0.5, 0.6) is 5.75 Å². The topological polar surface area (TPSA) is 106 Å². The molecule has 29 heavy (non-hydrogen) atoms.